The van der Waals surface area contributed by atoms with Gasteiger partial charge in [-0.1, -0.05) is 83.1 Å². The maximum absolute atomic E-state index is 2.40. The van der Waals surface area contributed by atoms with Crippen molar-refractivity contribution in [3.8, 4) is 0 Å². The van der Waals surface area contributed by atoms with Crippen LogP contribution in [0.15, 0.2) is 48.5 Å². The van der Waals surface area contributed by atoms with Crippen LogP contribution in [0.5, 0.6) is 0 Å². The molecule has 0 bridgehead atoms. The van der Waals surface area contributed by atoms with Crippen molar-refractivity contribution in [1.82, 2.24) is 0 Å². The van der Waals surface area contributed by atoms with Gasteiger partial charge in [0, 0.05) is 0 Å². The fourth-order valence-electron chi connectivity index (χ4n) is 3.79. The van der Waals surface area contributed by atoms with Gasteiger partial charge in [0.1, 0.15) is 0 Å². The van der Waals surface area contributed by atoms with Crippen molar-refractivity contribution >= 4 is 32.3 Å². The van der Waals surface area contributed by atoms with Gasteiger partial charge in [0.25, 0.3) is 0 Å². The van der Waals surface area contributed by atoms with Crippen LogP contribution < -0.4 is 0 Å². The quantitative estimate of drug-likeness (QED) is 0.346. The molecule has 0 heteroatoms. The Morgan fingerprint density at radius 2 is 1.17 bits per heavy atom. The molecular formula is C24H26. The maximum atomic E-state index is 2.40. The van der Waals surface area contributed by atoms with E-state index in [1.165, 1.54) is 43.4 Å². The number of hydrogen-bond acceptors (Lipinski definition) is 0. The molecule has 0 amide bonds. The SMILES string of the molecule is CCC(C)(C)c1cc2ccc3cc(C(C)C)cc4ccc(c1)c2c34. The number of benzene rings is 4. The third kappa shape index (κ3) is 2.20. The molecule has 4 aromatic rings. The number of hydrogen-bond donors (Lipinski definition) is 0. The molecule has 0 aliphatic heterocycles. The van der Waals surface area contributed by atoms with E-state index in [1.807, 2.05) is 0 Å². The third-order valence-electron chi connectivity index (χ3n) is 5.89. The first-order valence-electron chi connectivity index (χ1n) is 9.13. The standard InChI is InChI=1S/C24H26/c1-6-24(4,5)21-13-18-9-7-16-11-20(15(2)3)12-17-8-10-19(14-21)23(18)22(16)17/h7-15H,6H2,1-5H3. The molecule has 0 aromatic heterocycles. The first kappa shape index (κ1) is 15.4. The van der Waals surface area contributed by atoms with Gasteiger partial charge in [0.15, 0.2) is 0 Å². The Bertz CT molecular complexity index is 967. The van der Waals surface area contributed by atoms with Crippen LogP contribution in [0.4, 0.5) is 0 Å². The highest BCUT2D eigenvalue weighted by Crippen LogP contribution is 2.39. The summed E-state index contributed by atoms with van der Waals surface area (Å²) in [4.78, 5) is 0. The summed E-state index contributed by atoms with van der Waals surface area (Å²) in [6, 6.07) is 18.8. The van der Waals surface area contributed by atoms with Crippen molar-refractivity contribution in [2.45, 2.75) is 52.4 Å². The summed E-state index contributed by atoms with van der Waals surface area (Å²) in [5.41, 5.74) is 3.09. The lowest BCUT2D eigenvalue weighted by atomic mass is 9.80. The summed E-state index contributed by atoms with van der Waals surface area (Å²) < 4.78 is 0. The minimum atomic E-state index is 0.218. The Labute approximate surface area is 144 Å². The molecule has 0 atom stereocenters. The van der Waals surface area contributed by atoms with Crippen LogP contribution in [0.2, 0.25) is 0 Å². The molecule has 0 radical (unpaired) electrons. The Kier molecular flexibility index (Phi) is 3.35. The Morgan fingerprint density at radius 3 is 1.54 bits per heavy atom. The lowest BCUT2D eigenvalue weighted by molar-refractivity contribution is 0.507. The zero-order valence-electron chi connectivity index (χ0n) is 15.4. The van der Waals surface area contributed by atoms with Crippen molar-refractivity contribution in [3.63, 3.8) is 0 Å². The summed E-state index contributed by atoms with van der Waals surface area (Å²) >= 11 is 0. The number of rotatable bonds is 3. The summed E-state index contributed by atoms with van der Waals surface area (Å²) in [5, 5.41) is 8.35. The average Bonchev–Trinajstić information content (AvgIpc) is 2.58. The minimum Gasteiger partial charge on any atom is -0.0646 e. The van der Waals surface area contributed by atoms with E-state index in [-0.39, 0.29) is 5.41 Å². The third-order valence-corrected chi connectivity index (χ3v) is 5.89. The van der Waals surface area contributed by atoms with Crippen LogP contribution in [-0.2, 0) is 5.41 Å². The van der Waals surface area contributed by atoms with Crippen LogP contribution in [0, 0.1) is 0 Å². The predicted octanol–water partition coefficient (Wildman–Crippen LogP) is 7.40. The van der Waals surface area contributed by atoms with Gasteiger partial charge in [-0.25, -0.2) is 0 Å². The van der Waals surface area contributed by atoms with Gasteiger partial charge in [0.2, 0.25) is 0 Å². The summed E-state index contributed by atoms with van der Waals surface area (Å²) in [7, 11) is 0. The molecule has 0 nitrogen and oxygen atoms in total. The molecule has 0 unspecified atom stereocenters. The summed E-state index contributed by atoms with van der Waals surface area (Å²) in [5.74, 6) is 0.559. The molecule has 4 aromatic carbocycles. The molecule has 0 saturated carbocycles. The molecule has 0 aliphatic carbocycles. The van der Waals surface area contributed by atoms with Gasteiger partial charge < -0.3 is 0 Å². The van der Waals surface area contributed by atoms with Crippen LogP contribution in [-0.4, -0.2) is 0 Å². The van der Waals surface area contributed by atoms with Gasteiger partial charge in [-0.3, -0.25) is 0 Å². The van der Waals surface area contributed by atoms with E-state index >= 15 is 0 Å². The Morgan fingerprint density at radius 1 is 0.750 bits per heavy atom. The van der Waals surface area contributed by atoms with E-state index in [9.17, 15) is 0 Å². The second kappa shape index (κ2) is 5.21. The molecule has 0 spiro atoms. The molecule has 0 N–H and O–H groups in total. The molecule has 4 rings (SSSR count). The van der Waals surface area contributed by atoms with E-state index in [0.29, 0.717) is 5.92 Å². The molecule has 24 heavy (non-hydrogen) atoms. The van der Waals surface area contributed by atoms with E-state index in [4.69, 9.17) is 0 Å². The molecule has 122 valence electrons. The van der Waals surface area contributed by atoms with E-state index in [0.717, 1.165) is 6.42 Å². The monoisotopic (exact) mass is 314 g/mol. The van der Waals surface area contributed by atoms with Crippen LogP contribution in [0.3, 0.4) is 0 Å². The average molecular weight is 314 g/mol. The van der Waals surface area contributed by atoms with Crippen molar-refractivity contribution in [1.29, 1.82) is 0 Å². The second-order valence-corrected chi connectivity index (χ2v) is 8.16. The lowest BCUT2D eigenvalue weighted by Gasteiger charge is -2.25. The zero-order valence-corrected chi connectivity index (χ0v) is 15.4. The lowest BCUT2D eigenvalue weighted by Crippen LogP contribution is -2.15. The topological polar surface area (TPSA) is 0 Å². The highest BCUT2D eigenvalue weighted by atomic mass is 14.2. The van der Waals surface area contributed by atoms with Crippen molar-refractivity contribution in [2.75, 3.05) is 0 Å². The van der Waals surface area contributed by atoms with E-state index in [2.05, 4.69) is 83.1 Å². The maximum Gasteiger partial charge on any atom is -0.00266 e. The Hall–Kier alpha value is -2.08. The molecule has 0 saturated heterocycles. The predicted molar refractivity (Wildman–Crippen MR) is 108 cm³/mol. The minimum absolute atomic E-state index is 0.218. The highest BCUT2D eigenvalue weighted by molar-refractivity contribution is 6.23. The van der Waals surface area contributed by atoms with E-state index < -0.39 is 0 Å². The first-order chi connectivity index (χ1) is 11.4. The molecule has 0 heterocycles. The van der Waals surface area contributed by atoms with Gasteiger partial charge in [-0.05, 0) is 61.2 Å². The van der Waals surface area contributed by atoms with Gasteiger partial charge in [-0.15, -0.1) is 0 Å². The van der Waals surface area contributed by atoms with Gasteiger partial charge in [-0.2, -0.15) is 0 Å². The van der Waals surface area contributed by atoms with Crippen molar-refractivity contribution in [2.24, 2.45) is 0 Å². The normalized spacial score (nSPS) is 12.9. The van der Waals surface area contributed by atoms with Crippen molar-refractivity contribution in [3.05, 3.63) is 59.7 Å². The largest absolute Gasteiger partial charge is 0.0646 e. The fourth-order valence-corrected chi connectivity index (χ4v) is 3.79. The molecule has 0 fully saturated rings. The highest BCUT2D eigenvalue weighted by Gasteiger charge is 2.20. The zero-order chi connectivity index (χ0) is 17.1. The second-order valence-electron chi connectivity index (χ2n) is 8.16. The fraction of sp³-hybridized carbons (Fsp3) is 0.333. The van der Waals surface area contributed by atoms with Crippen LogP contribution in [0.25, 0.3) is 32.3 Å². The summed E-state index contributed by atoms with van der Waals surface area (Å²) in [6.07, 6.45) is 1.15. The van der Waals surface area contributed by atoms with Gasteiger partial charge >= 0.3 is 0 Å². The van der Waals surface area contributed by atoms with Crippen molar-refractivity contribution < 1.29 is 0 Å². The van der Waals surface area contributed by atoms with Crippen LogP contribution >= 0.6 is 0 Å². The molecular weight excluding hydrogens is 288 g/mol. The van der Waals surface area contributed by atoms with Gasteiger partial charge in [0.05, 0.1) is 0 Å². The van der Waals surface area contributed by atoms with Crippen LogP contribution in [0.1, 0.15) is 58.1 Å². The summed E-state index contributed by atoms with van der Waals surface area (Å²) in [6.45, 7) is 11.5. The molecule has 0 aliphatic rings. The Balaban J connectivity index is 2.11. The van der Waals surface area contributed by atoms with E-state index in [1.54, 1.807) is 0 Å². The first-order valence-corrected chi connectivity index (χ1v) is 9.13. The smallest absolute Gasteiger partial charge is 0.00266 e.